The summed E-state index contributed by atoms with van der Waals surface area (Å²) in [7, 11) is 0. The lowest BCUT2D eigenvalue weighted by Gasteiger charge is -2.27. The standard InChI is InChI=1S/C27H26N6O2S/c28-17-19-6-3-10-29-25(19)32-11-5-12-33(14-13-32)27(35)23(31-26(34)24-9-4-15-36-24)16-20-18-30-22-8-2-1-7-21(20)22/h1-4,6-10,15,18,23,30H,5,11-14,16H2,(H,31,34). The van der Waals surface area contributed by atoms with E-state index in [1.54, 1.807) is 24.4 Å². The number of rotatable bonds is 6. The van der Waals surface area contributed by atoms with Crippen LogP contribution in [0.15, 0.2) is 66.3 Å². The monoisotopic (exact) mass is 498 g/mol. The Balaban J connectivity index is 1.36. The molecule has 4 heterocycles. The van der Waals surface area contributed by atoms with Crippen molar-refractivity contribution in [1.82, 2.24) is 20.2 Å². The summed E-state index contributed by atoms with van der Waals surface area (Å²) in [5, 5.41) is 15.4. The Labute approximate surface area is 213 Å². The van der Waals surface area contributed by atoms with Crippen molar-refractivity contribution >= 4 is 39.9 Å². The normalized spacial score (nSPS) is 14.8. The molecule has 0 spiro atoms. The number of aromatic nitrogens is 2. The summed E-state index contributed by atoms with van der Waals surface area (Å²) in [5.74, 6) is 0.302. The fourth-order valence-corrected chi connectivity index (χ4v) is 5.29. The van der Waals surface area contributed by atoms with E-state index in [-0.39, 0.29) is 11.8 Å². The van der Waals surface area contributed by atoms with E-state index in [9.17, 15) is 14.9 Å². The maximum Gasteiger partial charge on any atom is 0.262 e. The molecule has 8 nitrogen and oxygen atoms in total. The maximum atomic E-state index is 13.8. The number of nitrogens with one attached hydrogen (secondary N) is 2. The van der Waals surface area contributed by atoms with Crippen LogP contribution in [0.1, 0.15) is 27.2 Å². The van der Waals surface area contributed by atoms with Crippen LogP contribution in [-0.4, -0.2) is 58.9 Å². The molecule has 2 N–H and O–H groups in total. The number of aromatic amines is 1. The number of benzene rings is 1. The van der Waals surface area contributed by atoms with Crippen molar-refractivity contribution in [2.24, 2.45) is 0 Å². The third-order valence-corrected chi connectivity index (χ3v) is 7.33. The van der Waals surface area contributed by atoms with Crippen LogP contribution in [0.5, 0.6) is 0 Å². The Hall–Kier alpha value is -4.16. The highest BCUT2D eigenvalue weighted by atomic mass is 32.1. The number of pyridine rings is 1. The van der Waals surface area contributed by atoms with Crippen molar-refractivity contribution in [3.63, 3.8) is 0 Å². The molecule has 1 atom stereocenters. The Bertz CT molecular complexity index is 1410. The maximum absolute atomic E-state index is 13.8. The average molecular weight is 499 g/mol. The zero-order chi connectivity index (χ0) is 24.9. The van der Waals surface area contributed by atoms with Crippen LogP contribution in [0.25, 0.3) is 10.9 Å². The predicted octanol–water partition coefficient (Wildman–Crippen LogP) is 3.58. The summed E-state index contributed by atoms with van der Waals surface area (Å²) in [6.07, 6.45) is 4.73. The van der Waals surface area contributed by atoms with Crippen LogP contribution in [0.3, 0.4) is 0 Å². The molecule has 1 saturated heterocycles. The molecule has 4 aromatic rings. The van der Waals surface area contributed by atoms with Gasteiger partial charge in [0.2, 0.25) is 5.91 Å². The molecule has 182 valence electrons. The molecule has 0 aliphatic carbocycles. The van der Waals surface area contributed by atoms with Gasteiger partial charge < -0.3 is 20.1 Å². The topological polar surface area (TPSA) is 105 Å². The SMILES string of the molecule is N#Cc1cccnc1N1CCCN(C(=O)C(Cc2c[nH]c3ccccc23)NC(=O)c2cccs2)CC1. The number of amides is 2. The van der Waals surface area contributed by atoms with Gasteiger partial charge in [-0.2, -0.15) is 5.26 Å². The highest BCUT2D eigenvalue weighted by molar-refractivity contribution is 7.12. The number of hydrogen-bond acceptors (Lipinski definition) is 6. The molecule has 5 rings (SSSR count). The second-order valence-corrected chi connectivity index (χ2v) is 9.67. The predicted molar refractivity (Wildman–Crippen MR) is 140 cm³/mol. The summed E-state index contributed by atoms with van der Waals surface area (Å²) < 4.78 is 0. The third kappa shape index (κ3) is 4.95. The first kappa shape index (κ1) is 23.6. The van der Waals surface area contributed by atoms with Crippen molar-refractivity contribution in [1.29, 1.82) is 5.26 Å². The van der Waals surface area contributed by atoms with Crippen molar-refractivity contribution in [2.75, 3.05) is 31.1 Å². The molecule has 1 unspecified atom stereocenters. The van der Waals surface area contributed by atoms with Gasteiger partial charge in [0.25, 0.3) is 5.91 Å². The fraction of sp³-hybridized carbons (Fsp3) is 0.259. The number of fused-ring (bicyclic) bond motifs is 1. The van der Waals surface area contributed by atoms with Gasteiger partial charge in [-0.25, -0.2) is 4.98 Å². The summed E-state index contributed by atoms with van der Waals surface area (Å²) in [6, 6.07) is 16.6. The minimum Gasteiger partial charge on any atom is -0.361 e. The number of hydrogen-bond donors (Lipinski definition) is 2. The summed E-state index contributed by atoms with van der Waals surface area (Å²) in [5.41, 5.74) is 2.51. The zero-order valence-corrected chi connectivity index (χ0v) is 20.5. The van der Waals surface area contributed by atoms with Gasteiger partial charge in [-0.15, -0.1) is 11.3 Å². The van der Waals surface area contributed by atoms with Gasteiger partial charge >= 0.3 is 0 Å². The van der Waals surface area contributed by atoms with Crippen LogP contribution < -0.4 is 10.2 Å². The van der Waals surface area contributed by atoms with Crippen LogP contribution >= 0.6 is 11.3 Å². The van der Waals surface area contributed by atoms with E-state index in [2.05, 4.69) is 26.3 Å². The van der Waals surface area contributed by atoms with Gasteiger partial charge in [-0.1, -0.05) is 24.3 Å². The highest BCUT2D eigenvalue weighted by Crippen LogP contribution is 2.22. The molecule has 9 heteroatoms. The Morgan fingerprint density at radius 1 is 1.11 bits per heavy atom. The van der Waals surface area contributed by atoms with Gasteiger partial charge in [-0.05, 0) is 41.6 Å². The number of carbonyl (C=O) groups is 2. The number of nitrogens with zero attached hydrogens (tertiary/aromatic N) is 4. The van der Waals surface area contributed by atoms with Gasteiger partial charge in [0.15, 0.2) is 0 Å². The molecule has 36 heavy (non-hydrogen) atoms. The van der Waals surface area contributed by atoms with E-state index in [0.717, 1.165) is 22.9 Å². The van der Waals surface area contributed by atoms with Crippen molar-refractivity contribution < 1.29 is 9.59 Å². The largest absolute Gasteiger partial charge is 0.361 e. The lowest BCUT2D eigenvalue weighted by molar-refractivity contribution is -0.133. The van der Waals surface area contributed by atoms with Crippen molar-refractivity contribution in [3.05, 3.63) is 82.3 Å². The average Bonchev–Trinajstić information content (AvgIpc) is 3.53. The smallest absolute Gasteiger partial charge is 0.262 e. The van der Waals surface area contributed by atoms with Crippen LogP contribution in [-0.2, 0) is 11.2 Å². The molecule has 1 aliphatic rings. The van der Waals surface area contributed by atoms with Gasteiger partial charge in [0, 0.05) is 55.9 Å². The number of carbonyl (C=O) groups excluding carboxylic acids is 2. The van der Waals surface area contributed by atoms with Gasteiger partial charge in [-0.3, -0.25) is 9.59 Å². The molecule has 1 aliphatic heterocycles. The summed E-state index contributed by atoms with van der Waals surface area (Å²) >= 11 is 1.35. The second kappa shape index (κ2) is 10.6. The summed E-state index contributed by atoms with van der Waals surface area (Å²) in [4.78, 5) is 38.9. The second-order valence-electron chi connectivity index (χ2n) is 8.72. The lowest BCUT2D eigenvalue weighted by Crippen LogP contribution is -2.50. The Morgan fingerprint density at radius 3 is 2.83 bits per heavy atom. The first-order valence-corrected chi connectivity index (χ1v) is 12.8. The van der Waals surface area contributed by atoms with E-state index in [1.807, 2.05) is 46.8 Å². The van der Waals surface area contributed by atoms with Gasteiger partial charge in [0.1, 0.15) is 17.9 Å². The molecular formula is C27H26N6O2S. The van der Waals surface area contributed by atoms with E-state index in [1.165, 1.54) is 11.3 Å². The number of para-hydroxylation sites is 1. The van der Waals surface area contributed by atoms with Crippen molar-refractivity contribution in [3.8, 4) is 6.07 Å². The molecule has 3 aromatic heterocycles. The molecule has 1 aromatic carbocycles. The number of anilines is 1. The molecule has 0 saturated carbocycles. The molecule has 0 radical (unpaired) electrons. The van der Waals surface area contributed by atoms with E-state index < -0.39 is 6.04 Å². The highest BCUT2D eigenvalue weighted by Gasteiger charge is 2.29. The van der Waals surface area contributed by atoms with Gasteiger partial charge in [0.05, 0.1) is 10.4 Å². The summed E-state index contributed by atoms with van der Waals surface area (Å²) in [6.45, 7) is 2.32. The minimum atomic E-state index is -0.699. The molecule has 2 amide bonds. The minimum absolute atomic E-state index is 0.103. The Morgan fingerprint density at radius 2 is 2.00 bits per heavy atom. The molecular weight excluding hydrogens is 472 g/mol. The molecule has 0 bridgehead atoms. The first-order chi connectivity index (χ1) is 17.6. The fourth-order valence-electron chi connectivity index (χ4n) is 4.66. The number of thiophene rings is 1. The Kier molecular flexibility index (Phi) is 6.96. The molecule has 1 fully saturated rings. The van der Waals surface area contributed by atoms with E-state index >= 15 is 0 Å². The number of H-pyrrole nitrogens is 1. The zero-order valence-electron chi connectivity index (χ0n) is 19.7. The van der Waals surface area contributed by atoms with Crippen molar-refractivity contribution in [2.45, 2.75) is 18.9 Å². The first-order valence-electron chi connectivity index (χ1n) is 11.9. The third-order valence-electron chi connectivity index (χ3n) is 6.46. The van der Waals surface area contributed by atoms with E-state index in [0.29, 0.717) is 48.9 Å². The van der Waals surface area contributed by atoms with Crippen LogP contribution in [0.2, 0.25) is 0 Å². The van der Waals surface area contributed by atoms with Crippen LogP contribution in [0.4, 0.5) is 5.82 Å². The van der Waals surface area contributed by atoms with E-state index in [4.69, 9.17) is 0 Å². The quantitative estimate of drug-likeness (QED) is 0.423. The van der Waals surface area contributed by atoms with Crippen LogP contribution in [0, 0.1) is 11.3 Å². The lowest BCUT2D eigenvalue weighted by atomic mass is 10.0. The number of nitriles is 1.